The first-order valence-electron chi connectivity index (χ1n) is 6.01. The summed E-state index contributed by atoms with van der Waals surface area (Å²) in [5.74, 6) is -0.143. The van der Waals surface area contributed by atoms with E-state index in [1.165, 1.54) is 12.4 Å². The Balaban J connectivity index is 2.13. The molecule has 1 aromatic carbocycles. The van der Waals surface area contributed by atoms with Crippen LogP contribution in [0.1, 0.15) is 23.0 Å². The first kappa shape index (κ1) is 13.5. The van der Waals surface area contributed by atoms with Crippen molar-refractivity contribution in [1.29, 1.82) is 0 Å². The van der Waals surface area contributed by atoms with Gasteiger partial charge in [-0.05, 0) is 12.5 Å². The van der Waals surface area contributed by atoms with Crippen LogP contribution in [0.3, 0.4) is 0 Å². The summed E-state index contributed by atoms with van der Waals surface area (Å²) in [6.07, 6.45) is 2.78. The Labute approximate surface area is 117 Å². The number of halogens is 1. The lowest BCUT2D eigenvalue weighted by atomic mass is 10.2. The zero-order valence-electron chi connectivity index (χ0n) is 10.6. The van der Waals surface area contributed by atoms with Gasteiger partial charge >= 0.3 is 0 Å². The van der Waals surface area contributed by atoms with Crippen molar-refractivity contribution < 1.29 is 4.79 Å². The van der Waals surface area contributed by atoms with Crippen LogP contribution in [0, 0.1) is 0 Å². The number of hydrogen-bond acceptors (Lipinski definition) is 3. The molecule has 0 radical (unpaired) electrons. The third kappa shape index (κ3) is 3.51. The zero-order chi connectivity index (χ0) is 13.7. The van der Waals surface area contributed by atoms with Crippen molar-refractivity contribution >= 4 is 17.5 Å². The molecule has 0 fully saturated rings. The molecule has 2 rings (SSSR count). The first-order valence-corrected chi connectivity index (χ1v) is 6.39. The zero-order valence-corrected chi connectivity index (χ0v) is 11.3. The van der Waals surface area contributed by atoms with Gasteiger partial charge in [-0.1, -0.05) is 41.9 Å². The maximum atomic E-state index is 12.3. The molecule has 2 aromatic rings. The van der Waals surface area contributed by atoms with Crippen molar-refractivity contribution in [3.63, 3.8) is 0 Å². The number of nitrogens with zero attached hydrogens (tertiary/aromatic N) is 3. The number of amides is 1. The van der Waals surface area contributed by atoms with Crippen molar-refractivity contribution in [3.05, 3.63) is 59.1 Å². The molecule has 5 heteroatoms. The highest BCUT2D eigenvalue weighted by Crippen LogP contribution is 2.09. The van der Waals surface area contributed by atoms with Gasteiger partial charge in [0, 0.05) is 13.1 Å². The van der Waals surface area contributed by atoms with Crippen molar-refractivity contribution in [2.75, 3.05) is 6.54 Å². The SMILES string of the molecule is CCN(Cc1ccccc1)C(=O)c1cnc(Cl)cn1. The summed E-state index contributed by atoms with van der Waals surface area (Å²) in [6.45, 7) is 3.10. The van der Waals surface area contributed by atoms with Gasteiger partial charge in [-0.3, -0.25) is 4.79 Å². The average Bonchev–Trinajstić information content (AvgIpc) is 2.46. The Morgan fingerprint density at radius 3 is 2.53 bits per heavy atom. The molecule has 1 amide bonds. The molecule has 0 bridgehead atoms. The smallest absolute Gasteiger partial charge is 0.274 e. The van der Waals surface area contributed by atoms with Gasteiger partial charge in [-0.15, -0.1) is 0 Å². The third-order valence-corrected chi connectivity index (χ3v) is 2.92. The van der Waals surface area contributed by atoms with Crippen molar-refractivity contribution in [3.8, 4) is 0 Å². The molecule has 1 heterocycles. The Hall–Kier alpha value is -1.94. The van der Waals surface area contributed by atoms with Crippen LogP contribution >= 0.6 is 11.6 Å². The molecule has 0 aliphatic heterocycles. The predicted molar refractivity (Wildman–Crippen MR) is 73.9 cm³/mol. The van der Waals surface area contributed by atoms with Crippen LogP contribution in [0.2, 0.25) is 5.15 Å². The van der Waals surface area contributed by atoms with Crippen molar-refractivity contribution in [2.45, 2.75) is 13.5 Å². The second-order valence-electron chi connectivity index (χ2n) is 4.03. The number of benzene rings is 1. The molecule has 0 saturated heterocycles. The average molecular weight is 276 g/mol. The molecule has 0 atom stereocenters. The molecular formula is C14H14ClN3O. The van der Waals surface area contributed by atoms with E-state index < -0.39 is 0 Å². The van der Waals surface area contributed by atoms with E-state index in [1.807, 2.05) is 37.3 Å². The normalized spacial score (nSPS) is 10.2. The number of carbonyl (C=O) groups is 1. The van der Waals surface area contributed by atoms with Crippen LogP contribution < -0.4 is 0 Å². The lowest BCUT2D eigenvalue weighted by molar-refractivity contribution is 0.0746. The number of aromatic nitrogens is 2. The minimum atomic E-state index is -0.143. The Kier molecular flexibility index (Phi) is 4.47. The summed E-state index contributed by atoms with van der Waals surface area (Å²) in [7, 11) is 0. The molecule has 19 heavy (non-hydrogen) atoms. The van der Waals surface area contributed by atoms with E-state index in [1.54, 1.807) is 4.90 Å². The fourth-order valence-electron chi connectivity index (χ4n) is 1.72. The first-order chi connectivity index (χ1) is 9.20. The van der Waals surface area contributed by atoms with Gasteiger partial charge in [0.1, 0.15) is 10.8 Å². The summed E-state index contributed by atoms with van der Waals surface area (Å²) in [6, 6.07) is 9.84. The highest BCUT2D eigenvalue weighted by molar-refractivity contribution is 6.29. The quantitative estimate of drug-likeness (QED) is 0.862. The van der Waals surface area contributed by atoms with Gasteiger partial charge in [-0.25, -0.2) is 9.97 Å². The van der Waals surface area contributed by atoms with Crippen molar-refractivity contribution in [2.24, 2.45) is 0 Å². The Morgan fingerprint density at radius 2 is 1.95 bits per heavy atom. The van der Waals surface area contributed by atoms with Gasteiger partial charge in [0.15, 0.2) is 0 Å². The van der Waals surface area contributed by atoms with Gasteiger partial charge < -0.3 is 4.90 Å². The summed E-state index contributed by atoms with van der Waals surface area (Å²) < 4.78 is 0. The molecule has 0 spiro atoms. The second kappa shape index (κ2) is 6.29. The van der Waals surface area contributed by atoms with E-state index in [9.17, 15) is 4.79 Å². The fraction of sp³-hybridized carbons (Fsp3) is 0.214. The molecule has 0 N–H and O–H groups in total. The Bertz CT molecular complexity index is 542. The standard InChI is InChI=1S/C14H14ClN3O/c1-2-18(10-11-6-4-3-5-7-11)14(19)12-8-17-13(15)9-16-12/h3-9H,2,10H2,1H3. The van der Waals surface area contributed by atoms with E-state index in [-0.39, 0.29) is 11.1 Å². The second-order valence-corrected chi connectivity index (χ2v) is 4.42. The van der Waals surface area contributed by atoms with Gasteiger partial charge in [0.25, 0.3) is 5.91 Å². The highest BCUT2D eigenvalue weighted by Gasteiger charge is 2.16. The van der Waals surface area contributed by atoms with Crippen LogP contribution in [-0.2, 0) is 6.54 Å². The van der Waals surface area contributed by atoms with E-state index in [0.29, 0.717) is 18.8 Å². The summed E-state index contributed by atoms with van der Waals surface area (Å²) in [5, 5.41) is 0.280. The van der Waals surface area contributed by atoms with E-state index in [2.05, 4.69) is 9.97 Å². The molecule has 4 nitrogen and oxygen atoms in total. The lowest BCUT2D eigenvalue weighted by Gasteiger charge is -2.20. The van der Waals surface area contributed by atoms with Gasteiger partial charge in [0.2, 0.25) is 0 Å². The summed E-state index contributed by atoms with van der Waals surface area (Å²) >= 11 is 5.66. The molecule has 1 aromatic heterocycles. The maximum absolute atomic E-state index is 12.3. The lowest BCUT2D eigenvalue weighted by Crippen LogP contribution is -2.31. The molecule has 0 saturated carbocycles. The summed E-state index contributed by atoms with van der Waals surface area (Å²) in [5.41, 5.74) is 1.39. The number of hydrogen-bond donors (Lipinski definition) is 0. The van der Waals surface area contributed by atoms with E-state index in [0.717, 1.165) is 5.56 Å². The van der Waals surface area contributed by atoms with Gasteiger partial charge in [0.05, 0.1) is 12.4 Å². The number of rotatable bonds is 4. The van der Waals surface area contributed by atoms with Crippen LogP contribution in [0.5, 0.6) is 0 Å². The third-order valence-electron chi connectivity index (χ3n) is 2.72. The largest absolute Gasteiger partial charge is 0.333 e. The highest BCUT2D eigenvalue weighted by atomic mass is 35.5. The predicted octanol–water partition coefficient (Wildman–Crippen LogP) is 2.79. The molecule has 0 aliphatic carbocycles. The van der Waals surface area contributed by atoms with Crippen molar-refractivity contribution in [1.82, 2.24) is 14.9 Å². The minimum absolute atomic E-state index is 0.143. The fourth-order valence-corrected chi connectivity index (χ4v) is 1.81. The minimum Gasteiger partial charge on any atom is -0.333 e. The van der Waals surface area contributed by atoms with Crippen LogP contribution in [-0.4, -0.2) is 27.3 Å². The topological polar surface area (TPSA) is 46.1 Å². The molecular weight excluding hydrogens is 262 g/mol. The van der Waals surface area contributed by atoms with Gasteiger partial charge in [-0.2, -0.15) is 0 Å². The molecule has 98 valence electrons. The van der Waals surface area contributed by atoms with Crippen LogP contribution in [0.4, 0.5) is 0 Å². The van der Waals surface area contributed by atoms with Crippen LogP contribution in [0.25, 0.3) is 0 Å². The maximum Gasteiger partial charge on any atom is 0.274 e. The Morgan fingerprint density at radius 1 is 1.21 bits per heavy atom. The van der Waals surface area contributed by atoms with E-state index >= 15 is 0 Å². The monoisotopic (exact) mass is 275 g/mol. The van der Waals surface area contributed by atoms with Crippen LogP contribution in [0.15, 0.2) is 42.7 Å². The molecule has 0 unspecified atom stereocenters. The van der Waals surface area contributed by atoms with E-state index in [4.69, 9.17) is 11.6 Å². The number of carbonyl (C=O) groups excluding carboxylic acids is 1. The molecule has 0 aliphatic rings. The summed E-state index contributed by atoms with van der Waals surface area (Å²) in [4.78, 5) is 21.9.